The summed E-state index contributed by atoms with van der Waals surface area (Å²) < 4.78 is 10.4. The van der Waals surface area contributed by atoms with Crippen LogP contribution in [-0.4, -0.2) is 46.6 Å². The molecule has 8 nitrogen and oxygen atoms in total. The maximum Gasteiger partial charge on any atom is 0.338 e. The van der Waals surface area contributed by atoms with E-state index in [4.69, 9.17) is 9.26 Å². The summed E-state index contributed by atoms with van der Waals surface area (Å²) in [6, 6.07) is 14.7. The molecule has 0 saturated carbocycles. The maximum absolute atomic E-state index is 12.7. The first-order valence-corrected chi connectivity index (χ1v) is 11.2. The topological polar surface area (TPSA) is 97.6 Å². The van der Waals surface area contributed by atoms with Crippen molar-refractivity contribution in [2.75, 3.05) is 25.0 Å². The molecule has 1 saturated heterocycles. The van der Waals surface area contributed by atoms with Crippen molar-refractivity contribution in [1.82, 2.24) is 15.0 Å². The fourth-order valence-electron chi connectivity index (χ4n) is 3.95. The van der Waals surface area contributed by atoms with Gasteiger partial charge in [-0.05, 0) is 69.6 Å². The van der Waals surface area contributed by atoms with Crippen LogP contribution in [0.2, 0.25) is 0 Å². The number of likely N-dealkylation sites (tertiary alicyclic amines) is 1. The van der Waals surface area contributed by atoms with Crippen molar-refractivity contribution in [2.24, 2.45) is 5.92 Å². The molecule has 3 aromatic rings. The highest BCUT2D eigenvalue weighted by Gasteiger charge is 2.26. The summed E-state index contributed by atoms with van der Waals surface area (Å²) in [5.74, 6) is 0.758. The number of benzene rings is 2. The molecule has 1 N–H and O–H groups in total. The fraction of sp³-hybridized carbons (Fsp3) is 0.360. The van der Waals surface area contributed by atoms with Crippen LogP contribution in [0.1, 0.15) is 41.6 Å². The zero-order valence-corrected chi connectivity index (χ0v) is 18.9. The van der Waals surface area contributed by atoms with Gasteiger partial charge in [0.1, 0.15) is 0 Å². The lowest BCUT2D eigenvalue weighted by atomic mass is 9.96. The van der Waals surface area contributed by atoms with Crippen molar-refractivity contribution < 1.29 is 18.8 Å². The van der Waals surface area contributed by atoms with Gasteiger partial charge in [0.05, 0.1) is 18.7 Å². The van der Waals surface area contributed by atoms with Gasteiger partial charge in [-0.15, -0.1) is 0 Å². The van der Waals surface area contributed by atoms with Crippen LogP contribution in [0.15, 0.2) is 53.1 Å². The summed E-state index contributed by atoms with van der Waals surface area (Å²) in [6.07, 6.45) is 1.51. The molecule has 0 unspecified atom stereocenters. The first-order chi connectivity index (χ1) is 16.0. The van der Waals surface area contributed by atoms with E-state index in [-0.39, 0.29) is 17.8 Å². The Labute approximate surface area is 192 Å². The highest BCUT2D eigenvalue weighted by atomic mass is 16.5. The zero-order chi connectivity index (χ0) is 23.2. The van der Waals surface area contributed by atoms with Crippen LogP contribution in [0, 0.1) is 12.8 Å². The second-order valence-corrected chi connectivity index (χ2v) is 8.16. The number of esters is 1. The molecule has 0 bridgehead atoms. The van der Waals surface area contributed by atoms with Crippen molar-refractivity contribution >= 4 is 17.6 Å². The minimum absolute atomic E-state index is 0.00170. The van der Waals surface area contributed by atoms with Gasteiger partial charge in [0.25, 0.3) is 0 Å². The highest BCUT2D eigenvalue weighted by Crippen LogP contribution is 2.23. The van der Waals surface area contributed by atoms with E-state index in [0.29, 0.717) is 36.1 Å². The van der Waals surface area contributed by atoms with Crippen LogP contribution in [-0.2, 0) is 16.1 Å². The summed E-state index contributed by atoms with van der Waals surface area (Å²) in [6.45, 7) is 6.25. The third kappa shape index (κ3) is 5.64. The van der Waals surface area contributed by atoms with E-state index in [1.165, 1.54) is 0 Å². The van der Waals surface area contributed by atoms with Gasteiger partial charge >= 0.3 is 5.97 Å². The molecule has 1 aromatic heterocycles. The van der Waals surface area contributed by atoms with Crippen LogP contribution in [0.3, 0.4) is 0 Å². The van der Waals surface area contributed by atoms with Crippen LogP contribution in [0.4, 0.5) is 5.69 Å². The first-order valence-electron chi connectivity index (χ1n) is 11.2. The average molecular weight is 449 g/mol. The van der Waals surface area contributed by atoms with E-state index in [1.54, 1.807) is 31.2 Å². The number of aryl methyl sites for hydroxylation is 1. The molecule has 8 heteroatoms. The lowest BCUT2D eigenvalue weighted by molar-refractivity contribution is -0.121. The molecule has 0 atom stereocenters. The predicted octanol–water partition coefficient (Wildman–Crippen LogP) is 4.07. The number of nitrogens with one attached hydrogen (secondary N) is 1. The number of carbonyl (C=O) groups excluding carboxylic acids is 2. The Morgan fingerprint density at radius 1 is 1.12 bits per heavy atom. The molecule has 0 radical (unpaired) electrons. The molecule has 4 rings (SSSR count). The van der Waals surface area contributed by atoms with Gasteiger partial charge in [0.15, 0.2) is 0 Å². The number of amides is 1. The van der Waals surface area contributed by atoms with Gasteiger partial charge in [-0.25, -0.2) is 4.79 Å². The Balaban J connectivity index is 1.26. The van der Waals surface area contributed by atoms with Crippen LogP contribution < -0.4 is 5.32 Å². The van der Waals surface area contributed by atoms with E-state index in [1.807, 2.05) is 31.2 Å². The Bertz CT molecular complexity index is 1100. The van der Waals surface area contributed by atoms with E-state index in [9.17, 15) is 9.59 Å². The number of nitrogens with zero attached hydrogens (tertiary/aromatic N) is 3. The standard InChI is InChI=1S/C25H28N4O4/c1-3-32-25(31)19-8-10-20(11-9-19)26-24(30)18-12-14-29(15-13-18)16-22-27-23(28-33-22)21-7-5-4-6-17(21)2/h4-11,18H,3,12-16H2,1-2H3,(H,26,30). The Morgan fingerprint density at radius 3 is 2.55 bits per heavy atom. The van der Waals surface area contributed by atoms with E-state index in [0.717, 1.165) is 37.1 Å². The molecular formula is C25H28N4O4. The summed E-state index contributed by atoms with van der Waals surface area (Å²) in [5, 5.41) is 7.07. The van der Waals surface area contributed by atoms with Crippen molar-refractivity contribution in [1.29, 1.82) is 0 Å². The van der Waals surface area contributed by atoms with Gasteiger partial charge in [-0.3, -0.25) is 9.69 Å². The molecule has 172 valence electrons. The molecule has 0 spiro atoms. The lowest BCUT2D eigenvalue weighted by Crippen LogP contribution is -2.37. The highest BCUT2D eigenvalue weighted by molar-refractivity contribution is 5.94. The Morgan fingerprint density at radius 2 is 1.85 bits per heavy atom. The molecule has 1 aliphatic rings. The van der Waals surface area contributed by atoms with Gasteiger partial charge in [-0.1, -0.05) is 29.4 Å². The minimum atomic E-state index is -0.366. The average Bonchev–Trinajstić information content (AvgIpc) is 3.28. The van der Waals surface area contributed by atoms with Crippen molar-refractivity contribution in [3.63, 3.8) is 0 Å². The quantitative estimate of drug-likeness (QED) is 0.544. The van der Waals surface area contributed by atoms with E-state index in [2.05, 4.69) is 20.4 Å². The third-order valence-corrected chi connectivity index (χ3v) is 5.83. The summed E-state index contributed by atoms with van der Waals surface area (Å²) >= 11 is 0. The molecule has 1 amide bonds. The van der Waals surface area contributed by atoms with Gasteiger partial charge in [0.2, 0.25) is 17.6 Å². The van der Waals surface area contributed by atoms with Crippen molar-refractivity contribution in [3.8, 4) is 11.4 Å². The van der Waals surface area contributed by atoms with Crippen LogP contribution in [0.25, 0.3) is 11.4 Å². The molecule has 2 aromatic carbocycles. The summed E-state index contributed by atoms with van der Waals surface area (Å²) in [4.78, 5) is 31.2. The SMILES string of the molecule is CCOC(=O)c1ccc(NC(=O)C2CCN(Cc3nc(-c4ccccc4C)no3)CC2)cc1. The number of ether oxygens (including phenoxy) is 1. The number of anilines is 1. The molecule has 1 fully saturated rings. The second kappa shape index (κ2) is 10.4. The van der Waals surface area contributed by atoms with Gasteiger partial charge < -0.3 is 14.6 Å². The number of rotatable bonds is 7. The third-order valence-electron chi connectivity index (χ3n) is 5.83. The van der Waals surface area contributed by atoms with Crippen LogP contribution in [0.5, 0.6) is 0 Å². The second-order valence-electron chi connectivity index (χ2n) is 8.16. The molecule has 2 heterocycles. The predicted molar refractivity (Wildman–Crippen MR) is 124 cm³/mol. The largest absolute Gasteiger partial charge is 0.462 e. The molecular weight excluding hydrogens is 420 g/mol. The maximum atomic E-state index is 12.7. The minimum Gasteiger partial charge on any atom is -0.462 e. The summed E-state index contributed by atoms with van der Waals surface area (Å²) in [7, 11) is 0. The Hall–Kier alpha value is -3.52. The van der Waals surface area contributed by atoms with Gasteiger partial charge in [-0.2, -0.15) is 4.98 Å². The molecule has 1 aliphatic heterocycles. The summed E-state index contributed by atoms with van der Waals surface area (Å²) in [5.41, 5.74) is 3.21. The molecule has 33 heavy (non-hydrogen) atoms. The van der Waals surface area contributed by atoms with Crippen molar-refractivity contribution in [3.05, 3.63) is 65.5 Å². The first kappa shape index (κ1) is 22.7. The smallest absolute Gasteiger partial charge is 0.338 e. The zero-order valence-electron chi connectivity index (χ0n) is 18.9. The molecule has 0 aliphatic carbocycles. The Kier molecular flexibility index (Phi) is 7.14. The normalized spacial score (nSPS) is 14.7. The fourth-order valence-corrected chi connectivity index (χ4v) is 3.95. The van der Waals surface area contributed by atoms with Crippen LogP contribution >= 0.6 is 0 Å². The number of piperidine rings is 1. The van der Waals surface area contributed by atoms with Gasteiger partial charge in [0, 0.05) is 17.2 Å². The monoisotopic (exact) mass is 448 g/mol. The number of hydrogen-bond donors (Lipinski definition) is 1. The van der Waals surface area contributed by atoms with Crippen molar-refractivity contribution in [2.45, 2.75) is 33.2 Å². The lowest BCUT2D eigenvalue weighted by Gasteiger charge is -2.30. The van der Waals surface area contributed by atoms with E-state index >= 15 is 0 Å². The van der Waals surface area contributed by atoms with E-state index < -0.39 is 0 Å². The number of hydrogen-bond acceptors (Lipinski definition) is 7. The number of carbonyl (C=O) groups is 2. The number of aromatic nitrogens is 2.